The number of benzene rings is 2. The van der Waals surface area contributed by atoms with Crippen LogP contribution in [0.15, 0.2) is 60.8 Å². The lowest BCUT2D eigenvalue weighted by atomic mass is 10.1. The summed E-state index contributed by atoms with van der Waals surface area (Å²) in [4.78, 5) is 17.9. The van der Waals surface area contributed by atoms with Gasteiger partial charge in [0.25, 0.3) is 5.91 Å². The van der Waals surface area contributed by atoms with Gasteiger partial charge in [-0.05, 0) is 36.2 Å². The molecule has 1 N–H and O–H groups in total. The lowest BCUT2D eigenvalue weighted by Gasteiger charge is -2.34. The van der Waals surface area contributed by atoms with Crippen molar-refractivity contribution in [2.45, 2.75) is 33.4 Å². The number of anilines is 1. The van der Waals surface area contributed by atoms with E-state index in [1.165, 1.54) is 11.1 Å². The van der Waals surface area contributed by atoms with Crippen molar-refractivity contribution in [3.63, 3.8) is 0 Å². The van der Waals surface area contributed by atoms with Gasteiger partial charge >= 0.3 is 0 Å². The zero-order valence-corrected chi connectivity index (χ0v) is 19.1. The van der Waals surface area contributed by atoms with E-state index < -0.39 is 0 Å². The van der Waals surface area contributed by atoms with Crippen LogP contribution in [0.1, 0.15) is 41.0 Å². The van der Waals surface area contributed by atoms with Crippen molar-refractivity contribution in [1.29, 1.82) is 0 Å². The van der Waals surface area contributed by atoms with E-state index in [1.807, 2.05) is 35.0 Å². The highest BCUT2D eigenvalue weighted by Gasteiger charge is 2.18. The summed E-state index contributed by atoms with van der Waals surface area (Å²) in [6, 6.07) is 18.4. The van der Waals surface area contributed by atoms with Gasteiger partial charge in [-0.1, -0.05) is 56.3 Å². The second-order valence-corrected chi connectivity index (χ2v) is 8.36. The number of hydrogen-bond donors (Lipinski definition) is 1. The number of carbonyl (C=O) groups is 1. The van der Waals surface area contributed by atoms with Crippen LogP contribution in [0.5, 0.6) is 0 Å². The lowest BCUT2D eigenvalue weighted by molar-refractivity contribution is 0.102. The minimum Gasteiger partial charge on any atom is -0.322 e. The zero-order chi connectivity index (χ0) is 22.3. The first-order chi connectivity index (χ1) is 15.7. The highest BCUT2D eigenvalue weighted by atomic mass is 16.1. The minimum absolute atomic E-state index is 0.107. The van der Waals surface area contributed by atoms with Crippen LogP contribution in [0, 0.1) is 0 Å². The average Bonchev–Trinajstić information content (AvgIpc) is 3.24. The third-order valence-corrected chi connectivity index (χ3v) is 6.23. The fourth-order valence-corrected chi connectivity index (χ4v) is 4.28. The van der Waals surface area contributed by atoms with E-state index in [9.17, 15) is 4.79 Å². The molecular formula is C26H33N5O. The average molecular weight is 432 g/mol. The van der Waals surface area contributed by atoms with Gasteiger partial charge in [-0.25, -0.2) is 0 Å². The summed E-state index contributed by atoms with van der Waals surface area (Å²) in [6.45, 7) is 11.5. The second kappa shape index (κ2) is 10.6. The molecular weight excluding hydrogens is 398 g/mol. The molecule has 4 rings (SSSR count). The van der Waals surface area contributed by atoms with Gasteiger partial charge in [0.15, 0.2) is 0 Å². The molecule has 0 unspecified atom stereocenters. The quantitative estimate of drug-likeness (QED) is 0.588. The number of hydrogen-bond acceptors (Lipinski definition) is 4. The van der Waals surface area contributed by atoms with Crippen LogP contribution < -0.4 is 5.32 Å². The largest absolute Gasteiger partial charge is 0.322 e. The van der Waals surface area contributed by atoms with Crippen LogP contribution in [0.3, 0.4) is 0 Å². The van der Waals surface area contributed by atoms with Crippen LogP contribution >= 0.6 is 0 Å². The Balaban J connectivity index is 1.36. The molecule has 6 heteroatoms. The van der Waals surface area contributed by atoms with Gasteiger partial charge in [-0.2, -0.15) is 5.10 Å². The molecule has 168 valence electrons. The molecule has 6 nitrogen and oxygen atoms in total. The molecule has 0 aliphatic carbocycles. The van der Waals surface area contributed by atoms with Crippen molar-refractivity contribution in [1.82, 2.24) is 19.6 Å². The van der Waals surface area contributed by atoms with Crippen molar-refractivity contribution in [2.75, 3.05) is 38.0 Å². The van der Waals surface area contributed by atoms with Crippen molar-refractivity contribution in [3.05, 3.63) is 83.2 Å². The summed E-state index contributed by atoms with van der Waals surface area (Å²) in [7, 11) is 0. The monoisotopic (exact) mass is 431 g/mol. The Morgan fingerprint density at radius 2 is 1.53 bits per heavy atom. The minimum atomic E-state index is -0.107. The Morgan fingerprint density at radius 1 is 0.875 bits per heavy atom. The maximum Gasteiger partial charge on any atom is 0.259 e. The summed E-state index contributed by atoms with van der Waals surface area (Å²) >= 11 is 0. The maximum absolute atomic E-state index is 12.9. The van der Waals surface area contributed by atoms with E-state index in [0.717, 1.165) is 57.1 Å². The van der Waals surface area contributed by atoms with Gasteiger partial charge in [-0.15, -0.1) is 0 Å². The summed E-state index contributed by atoms with van der Waals surface area (Å²) < 4.78 is 1.92. The van der Waals surface area contributed by atoms with Gasteiger partial charge in [0.05, 0.1) is 24.0 Å². The first-order valence-electron chi connectivity index (χ1n) is 11.6. The fraction of sp³-hybridized carbons (Fsp3) is 0.385. The van der Waals surface area contributed by atoms with Crippen molar-refractivity contribution in [3.8, 4) is 0 Å². The van der Waals surface area contributed by atoms with Crippen molar-refractivity contribution in [2.24, 2.45) is 0 Å². The summed E-state index contributed by atoms with van der Waals surface area (Å²) in [6.07, 6.45) is 2.43. The first-order valence-corrected chi connectivity index (χ1v) is 11.6. The number of rotatable bonds is 8. The van der Waals surface area contributed by atoms with E-state index in [-0.39, 0.29) is 5.91 Å². The Hall–Kier alpha value is -2.96. The van der Waals surface area contributed by atoms with Crippen molar-refractivity contribution < 1.29 is 4.79 Å². The number of aromatic nitrogens is 2. The molecule has 0 atom stereocenters. The molecule has 1 fully saturated rings. The first kappa shape index (κ1) is 22.2. The van der Waals surface area contributed by atoms with Gasteiger partial charge in [0.2, 0.25) is 0 Å². The number of amides is 1. The van der Waals surface area contributed by atoms with Crippen LogP contribution in [0.25, 0.3) is 0 Å². The SMILES string of the molecule is CCc1c(C(=O)Nc2ccc(CN3CCN(CC)CC3)cc2)cnn1Cc1ccccc1. The van der Waals surface area contributed by atoms with Crippen LogP contribution in [0.2, 0.25) is 0 Å². The number of nitrogens with one attached hydrogen (secondary N) is 1. The van der Waals surface area contributed by atoms with Crippen LogP contribution in [0.4, 0.5) is 5.69 Å². The smallest absolute Gasteiger partial charge is 0.259 e. The molecule has 1 aliphatic heterocycles. The molecule has 0 saturated carbocycles. The lowest BCUT2D eigenvalue weighted by Crippen LogP contribution is -2.45. The van der Waals surface area contributed by atoms with Crippen molar-refractivity contribution >= 4 is 11.6 Å². The van der Waals surface area contributed by atoms with E-state index in [4.69, 9.17) is 0 Å². The molecule has 32 heavy (non-hydrogen) atoms. The maximum atomic E-state index is 12.9. The van der Waals surface area contributed by atoms with Gasteiger partial charge in [-0.3, -0.25) is 14.4 Å². The van der Waals surface area contributed by atoms with E-state index >= 15 is 0 Å². The fourth-order valence-electron chi connectivity index (χ4n) is 4.28. The molecule has 1 amide bonds. The Morgan fingerprint density at radius 3 is 2.19 bits per heavy atom. The number of carbonyl (C=O) groups excluding carboxylic acids is 1. The van der Waals surface area contributed by atoms with Gasteiger partial charge in [0, 0.05) is 38.4 Å². The van der Waals surface area contributed by atoms with E-state index in [0.29, 0.717) is 12.1 Å². The number of piperazine rings is 1. The summed E-state index contributed by atoms with van der Waals surface area (Å²) in [5.74, 6) is -0.107. The highest BCUT2D eigenvalue weighted by Crippen LogP contribution is 2.17. The second-order valence-electron chi connectivity index (χ2n) is 8.36. The molecule has 0 radical (unpaired) electrons. The molecule has 3 aromatic rings. The summed E-state index contributed by atoms with van der Waals surface area (Å²) in [5, 5.41) is 7.52. The van der Waals surface area contributed by atoms with Gasteiger partial charge in [0.1, 0.15) is 0 Å². The Bertz CT molecular complexity index is 1000. The standard InChI is InChI=1S/C26H33N5O/c1-3-25-24(18-27-31(25)20-21-8-6-5-7-9-21)26(32)28-23-12-10-22(11-13-23)19-30-16-14-29(4-2)15-17-30/h5-13,18H,3-4,14-17,19-20H2,1-2H3,(H,28,32). The predicted molar refractivity (Wildman–Crippen MR) is 129 cm³/mol. The third-order valence-electron chi connectivity index (χ3n) is 6.23. The molecule has 1 aliphatic rings. The molecule has 1 aromatic heterocycles. The normalized spacial score (nSPS) is 15.1. The third kappa shape index (κ3) is 5.44. The topological polar surface area (TPSA) is 53.4 Å². The van der Waals surface area contributed by atoms with E-state index in [1.54, 1.807) is 6.20 Å². The highest BCUT2D eigenvalue weighted by molar-refractivity contribution is 6.04. The molecule has 2 heterocycles. The number of nitrogens with zero attached hydrogens (tertiary/aromatic N) is 4. The summed E-state index contributed by atoms with van der Waals surface area (Å²) in [5.41, 5.74) is 4.85. The van der Waals surface area contributed by atoms with Gasteiger partial charge < -0.3 is 10.2 Å². The molecule has 2 aromatic carbocycles. The van der Waals surface area contributed by atoms with Crippen LogP contribution in [-0.2, 0) is 19.5 Å². The predicted octanol–water partition coefficient (Wildman–Crippen LogP) is 3.88. The molecule has 0 bridgehead atoms. The zero-order valence-electron chi connectivity index (χ0n) is 19.1. The Kier molecular flexibility index (Phi) is 7.35. The van der Waals surface area contributed by atoms with Crippen LogP contribution in [-0.4, -0.2) is 58.2 Å². The van der Waals surface area contributed by atoms with E-state index in [2.05, 4.69) is 58.3 Å². The Labute approximate surface area is 190 Å². The molecule has 0 spiro atoms. The molecule has 1 saturated heterocycles. The number of likely N-dealkylation sites (N-methyl/N-ethyl adjacent to an activating group) is 1.